The predicted octanol–water partition coefficient (Wildman–Crippen LogP) is 6.90. The van der Waals surface area contributed by atoms with Gasteiger partial charge in [-0.15, -0.1) is 0 Å². The van der Waals surface area contributed by atoms with Crippen LogP contribution in [-0.4, -0.2) is 25.3 Å². The normalized spacial score (nSPS) is 20.5. The number of halogens is 3. The lowest BCUT2D eigenvalue weighted by Crippen LogP contribution is -2.19. The second-order valence-corrected chi connectivity index (χ2v) is 9.58. The van der Waals surface area contributed by atoms with E-state index in [4.69, 9.17) is 0 Å². The van der Waals surface area contributed by atoms with Gasteiger partial charge in [0.15, 0.2) is 11.6 Å². The van der Waals surface area contributed by atoms with Gasteiger partial charge in [0.25, 0.3) is 10.0 Å². The van der Waals surface area contributed by atoms with Crippen LogP contribution in [0, 0.1) is 11.6 Å². The molecule has 0 fully saturated rings. The summed E-state index contributed by atoms with van der Waals surface area (Å²) in [4.78, 5) is 16.9. The summed E-state index contributed by atoms with van der Waals surface area (Å²) in [5, 5.41) is 0. The molecule has 1 aromatic carbocycles. The van der Waals surface area contributed by atoms with E-state index < -0.39 is 38.7 Å². The number of sulfonamides is 1. The highest BCUT2D eigenvalue weighted by Gasteiger charge is 2.26. The molecule has 1 heterocycles. The molecule has 1 aromatic rings. The number of hydrogen-bond acceptors (Lipinski definition) is 5. The molecule has 0 bridgehead atoms. The summed E-state index contributed by atoms with van der Waals surface area (Å²) in [5.41, 5.74) is -0.135. The number of ketones is 1. The molecule has 0 atom stereocenters. The van der Waals surface area contributed by atoms with Crippen LogP contribution in [-0.2, 0) is 14.8 Å². The van der Waals surface area contributed by atoms with Crippen LogP contribution in [0.2, 0.25) is 0 Å². The average Bonchev–Trinajstić information content (AvgIpc) is 2.86. The molecule has 10 heteroatoms. The fraction of sp³-hybridized carbons (Fsp3) is 0.259. The second kappa shape index (κ2) is 12.5. The summed E-state index contributed by atoms with van der Waals surface area (Å²) in [6.45, 7) is 12.1. The Bertz CT molecular complexity index is 1380. The Balaban J connectivity index is 0.00000235. The largest absolute Gasteiger partial charge is 0.320 e. The zero-order valence-corrected chi connectivity index (χ0v) is 22.2. The van der Waals surface area contributed by atoms with Crippen LogP contribution in [0.15, 0.2) is 81.9 Å². The molecule has 1 aliphatic carbocycles. The lowest BCUT2D eigenvalue weighted by atomic mass is 10.1. The van der Waals surface area contributed by atoms with Gasteiger partial charge in [-0.3, -0.25) is 14.5 Å². The van der Waals surface area contributed by atoms with E-state index in [2.05, 4.69) is 16.3 Å². The van der Waals surface area contributed by atoms with Crippen molar-refractivity contribution in [2.45, 2.75) is 47.5 Å². The van der Waals surface area contributed by atoms with Crippen LogP contribution in [0.25, 0.3) is 5.70 Å². The van der Waals surface area contributed by atoms with Crippen LogP contribution >= 0.6 is 0 Å². The number of carbonyl (C=O) groups is 1. The lowest BCUT2D eigenvalue weighted by molar-refractivity contribution is -0.113. The van der Waals surface area contributed by atoms with E-state index in [1.807, 2.05) is 13.8 Å². The van der Waals surface area contributed by atoms with E-state index in [0.29, 0.717) is 29.7 Å². The maximum absolute atomic E-state index is 15.4. The number of nitrogens with zero attached hydrogens (tertiary/aromatic N) is 2. The third-order valence-electron chi connectivity index (χ3n) is 5.51. The molecule has 1 N–H and O–H groups in total. The SMILES string of the molecule is C=CN1C=C(c2c(F)ccc(NS(=O)(=O)C3=C(\C)CCC=C/C(F)=C\3)c2F)N=C/C1=C(/C)C(C)=O.CC. The van der Waals surface area contributed by atoms with Crippen molar-refractivity contribution in [3.05, 3.63) is 94.1 Å². The first-order valence-corrected chi connectivity index (χ1v) is 13.1. The molecule has 6 nitrogen and oxygen atoms in total. The van der Waals surface area contributed by atoms with Gasteiger partial charge in [0.05, 0.1) is 33.8 Å². The Kier molecular flexibility index (Phi) is 10.0. The summed E-state index contributed by atoms with van der Waals surface area (Å²) >= 11 is 0. The highest BCUT2D eigenvalue weighted by Crippen LogP contribution is 2.33. The molecule has 1 aliphatic heterocycles. The second-order valence-electron chi connectivity index (χ2n) is 7.93. The van der Waals surface area contributed by atoms with Gasteiger partial charge < -0.3 is 4.90 Å². The van der Waals surface area contributed by atoms with Crippen LogP contribution < -0.4 is 4.72 Å². The Morgan fingerprint density at radius 2 is 1.86 bits per heavy atom. The number of benzene rings is 1. The zero-order chi connectivity index (χ0) is 27.9. The van der Waals surface area contributed by atoms with Gasteiger partial charge in [0.1, 0.15) is 11.6 Å². The topological polar surface area (TPSA) is 78.8 Å². The predicted molar refractivity (Wildman–Crippen MR) is 142 cm³/mol. The number of nitrogens with one attached hydrogen (secondary N) is 1. The molecule has 3 rings (SSSR count). The van der Waals surface area contributed by atoms with Crippen molar-refractivity contribution >= 4 is 33.4 Å². The van der Waals surface area contributed by atoms with Gasteiger partial charge in [-0.2, -0.15) is 0 Å². The lowest BCUT2D eigenvalue weighted by Gasteiger charge is -2.23. The highest BCUT2D eigenvalue weighted by molar-refractivity contribution is 7.96. The summed E-state index contributed by atoms with van der Waals surface area (Å²) in [7, 11) is -4.40. The van der Waals surface area contributed by atoms with Gasteiger partial charge in [-0.05, 0) is 57.9 Å². The highest BCUT2D eigenvalue weighted by atomic mass is 32.2. The summed E-state index contributed by atoms with van der Waals surface area (Å²) < 4.78 is 72.3. The molecule has 198 valence electrons. The maximum atomic E-state index is 15.4. The molecular formula is C27H30F3N3O3S. The van der Waals surface area contributed by atoms with Crippen LogP contribution in [0.1, 0.15) is 53.0 Å². The maximum Gasteiger partial charge on any atom is 0.262 e. The number of carbonyl (C=O) groups excluding carboxylic acids is 1. The van der Waals surface area contributed by atoms with Gasteiger partial charge >= 0.3 is 0 Å². The van der Waals surface area contributed by atoms with Gasteiger partial charge in [-0.25, -0.2) is 21.6 Å². The van der Waals surface area contributed by atoms with Crippen molar-refractivity contribution < 1.29 is 26.4 Å². The summed E-state index contributed by atoms with van der Waals surface area (Å²) in [6.07, 6.45) is 8.30. The molecule has 0 radical (unpaired) electrons. The molecule has 0 aromatic heterocycles. The third kappa shape index (κ3) is 6.76. The molecule has 37 heavy (non-hydrogen) atoms. The molecule has 0 spiro atoms. The van der Waals surface area contributed by atoms with E-state index in [0.717, 1.165) is 24.3 Å². The Labute approximate surface area is 216 Å². The van der Waals surface area contributed by atoms with Crippen molar-refractivity contribution in [3.8, 4) is 0 Å². The molecule has 0 unspecified atom stereocenters. The Morgan fingerprint density at radius 3 is 2.49 bits per heavy atom. The van der Waals surface area contributed by atoms with Crippen LogP contribution in [0.3, 0.4) is 0 Å². The van der Waals surface area contributed by atoms with Gasteiger partial charge in [-0.1, -0.05) is 32.1 Å². The number of anilines is 1. The van der Waals surface area contributed by atoms with Crippen molar-refractivity contribution in [1.82, 2.24) is 4.90 Å². The number of aliphatic imine (C=N–C) groups is 1. The van der Waals surface area contributed by atoms with E-state index in [9.17, 15) is 22.0 Å². The van der Waals surface area contributed by atoms with Crippen molar-refractivity contribution in [2.24, 2.45) is 4.99 Å². The van der Waals surface area contributed by atoms with Crippen molar-refractivity contribution in [3.63, 3.8) is 0 Å². The van der Waals surface area contributed by atoms with E-state index in [-0.39, 0.29) is 16.4 Å². The smallest absolute Gasteiger partial charge is 0.262 e. The third-order valence-corrected chi connectivity index (χ3v) is 7.04. The minimum atomic E-state index is -4.40. The minimum Gasteiger partial charge on any atom is -0.320 e. The fourth-order valence-corrected chi connectivity index (χ4v) is 4.86. The number of rotatable bonds is 6. The number of allylic oxidation sites excluding steroid dienone is 7. The first-order chi connectivity index (χ1) is 17.5. The Morgan fingerprint density at radius 1 is 1.19 bits per heavy atom. The van der Waals surface area contributed by atoms with E-state index in [1.54, 1.807) is 19.9 Å². The quantitative estimate of drug-likeness (QED) is 0.404. The summed E-state index contributed by atoms with van der Waals surface area (Å²) in [6, 6.07) is 1.84. The number of Topliss-reactive ketones (excluding diaryl/α,β-unsaturated/α-hetero) is 1. The van der Waals surface area contributed by atoms with Gasteiger partial charge in [0, 0.05) is 18.0 Å². The van der Waals surface area contributed by atoms with E-state index in [1.165, 1.54) is 30.4 Å². The van der Waals surface area contributed by atoms with Gasteiger partial charge in [0.2, 0.25) is 0 Å². The van der Waals surface area contributed by atoms with Crippen molar-refractivity contribution in [1.29, 1.82) is 0 Å². The van der Waals surface area contributed by atoms with Crippen LogP contribution in [0.4, 0.5) is 18.9 Å². The first kappa shape index (κ1) is 29.6. The molecule has 0 saturated carbocycles. The number of hydrogen-bond donors (Lipinski definition) is 1. The fourth-order valence-electron chi connectivity index (χ4n) is 3.47. The Hall–Kier alpha value is -3.66. The molecular weight excluding hydrogens is 503 g/mol. The van der Waals surface area contributed by atoms with Crippen LogP contribution in [0.5, 0.6) is 0 Å². The summed E-state index contributed by atoms with van der Waals surface area (Å²) in [5.74, 6) is -3.17. The standard InChI is InChI=1S/C25H24F3N3O3S.C2H6/c1-5-31-14-21(29-13-22(31)16(3)17(4)32)24-19(27)10-11-20(25(24)28)30-35(33,34)23-12-18(26)9-7-6-8-15(23)2;1-2/h5,7,9-14,30H,1,6,8H2,2-4H3;1-2H3/b9-7?,18-12+,22-16+,23-15+;. The molecule has 0 amide bonds. The minimum absolute atomic E-state index is 0.154. The molecule has 0 saturated heterocycles. The first-order valence-electron chi connectivity index (χ1n) is 11.6. The van der Waals surface area contributed by atoms with Crippen molar-refractivity contribution in [2.75, 3.05) is 4.72 Å². The molecule has 2 aliphatic rings. The zero-order valence-electron chi connectivity index (χ0n) is 21.4. The van der Waals surface area contributed by atoms with E-state index >= 15 is 4.39 Å². The monoisotopic (exact) mass is 533 g/mol. The average molecular weight is 534 g/mol.